The third-order valence-corrected chi connectivity index (χ3v) is 5.47. The van der Waals surface area contributed by atoms with Crippen LogP contribution < -0.4 is 5.32 Å². The summed E-state index contributed by atoms with van der Waals surface area (Å²) in [5, 5.41) is 3.53. The number of hydrogen-bond donors (Lipinski definition) is 1. The van der Waals surface area contributed by atoms with Crippen molar-refractivity contribution in [3.05, 3.63) is 95.8 Å². The number of aryl methyl sites for hydroxylation is 1. The summed E-state index contributed by atoms with van der Waals surface area (Å²) in [6.07, 6.45) is 24.7. The van der Waals surface area contributed by atoms with E-state index < -0.39 is 0 Å². The molecule has 0 radical (unpaired) electrons. The van der Waals surface area contributed by atoms with Gasteiger partial charge in [-0.3, -0.25) is 0 Å². The molecule has 1 aliphatic heterocycles. The average molecular weight is 376 g/mol. The van der Waals surface area contributed by atoms with Crippen LogP contribution in [0.1, 0.15) is 58.4 Å². The Morgan fingerprint density at radius 1 is 1.18 bits per heavy atom. The molecule has 0 aliphatic carbocycles. The maximum Gasteiger partial charge on any atom is 0.0152 e. The van der Waals surface area contributed by atoms with Crippen LogP contribution in [-0.4, -0.2) is 6.54 Å². The zero-order valence-electron chi connectivity index (χ0n) is 18.0. The van der Waals surface area contributed by atoms with Crippen molar-refractivity contribution in [2.24, 2.45) is 5.41 Å². The number of allylic oxidation sites excluding steroid dienone is 9. The van der Waals surface area contributed by atoms with Gasteiger partial charge in [0, 0.05) is 12.0 Å². The van der Waals surface area contributed by atoms with Crippen molar-refractivity contribution < 1.29 is 0 Å². The van der Waals surface area contributed by atoms with E-state index in [2.05, 4.69) is 98.2 Å². The van der Waals surface area contributed by atoms with Gasteiger partial charge in [-0.25, -0.2) is 0 Å². The minimum atomic E-state index is 0.135. The summed E-state index contributed by atoms with van der Waals surface area (Å²) in [7, 11) is 0. The molecule has 1 heteroatoms. The van der Waals surface area contributed by atoms with E-state index in [1.165, 1.54) is 24.0 Å². The van der Waals surface area contributed by atoms with Gasteiger partial charge >= 0.3 is 0 Å². The second kappa shape index (κ2) is 12.2. The SMILES string of the molecule is C\C=C/C=C\C1=C\NCCC(C)(/C(=C/CC)CCCc2ccccc2)/C=C\C1. The quantitative estimate of drug-likeness (QED) is 0.371. The first-order valence-corrected chi connectivity index (χ1v) is 10.8. The fourth-order valence-corrected chi connectivity index (χ4v) is 3.80. The Kier molecular flexibility index (Phi) is 9.62. The normalized spacial score (nSPS) is 24.2. The molecule has 0 bridgehead atoms. The Morgan fingerprint density at radius 3 is 2.75 bits per heavy atom. The first-order chi connectivity index (χ1) is 13.7. The van der Waals surface area contributed by atoms with Gasteiger partial charge in [-0.05, 0) is 62.8 Å². The van der Waals surface area contributed by atoms with Crippen LogP contribution in [-0.2, 0) is 6.42 Å². The lowest BCUT2D eigenvalue weighted by molar-refractivity contribution is 0.441. The molecule has 1 aromatic rings. The van der Waals surface area contributed by atoms with Crippen molar-refractivity contribution in [3.63, 3.8) is 0 Å². The van der Waals surface area contributed by atoms with Crippen LogP contribution in [0.5, 0.6) is 0 Å². The first kappa shape index (κ1) is 22.0. The maximum atomic E-state index is 3.53. The summed E-state index contributed by atoms with van der Waals surface area (Å²) < 4.78 is 0. The molecule has 1 nitrogen and oxygen atoms in total. The summed E-state index contributed by atoms with van der Waals surface area (Å²) in [4.78, 5) is 0. The van der Waals surface area contributed by atoms with Crippen LogP contribution in [0.25, 0.3) is 0 Å². The van der Waals surface area contributed by atoms with Gasteiger partial charge in [0.05, 0.1) is 0 Å². The molecule has 0 saturated heterocycles. The summed E-state index contributed by atoms with van der Waals surface area (Å²) in [5.41, 5.74) is 4.49. The van der Waals surface area contributed by atoms with E-state index in [1.54, 1.807) is 5.57 Å². The Bertz CT molecular complexity index is 718. The van der Waals surface area contributed by atoms with Gasteiger partial charge in [0.1, 0.15) is 0 Å². The van der Waals surface area contributed by atoms with Crippen LogP contribution in [0.3, 0.4) is 0 Å². The van der Waals surface area contributed by atoms with Crippen molar-refractivity contribution in [2.45, 2.75) is 59.3 Å². The highest BCUT2D eigenvalue weighted by atomic mass is 14.8. The molecule has 1 N–H and O–H groups in total. The van der Waals surface area contributed by atoms with Crippen molar-refractivity contribution in [3.8, 4) is 0 Å². The van der Waals surface area contributed by atoms with Gasteiger partial charge in [-0.1, -0.05) is 92.3 Å². The highest BCUT2D eigenvalue weighted by Crippen LogP contribution is 2.37. The van der Waals surface area contributed by atoms with E-state index in [0.29, 0.717) is 0 Å². The maximum absolute atomic E-state index is 3.53. The van der Waals surface area contributed by atoms with Crippen LogP contribution in [0, 0.1) is 5.41 Å². The second-order valence-corrected chi connectivity index (χ2v) is 7.81. The Labute approximate surface area is 172 Å². The molecule has 2 rings (SSSR count). The lowest BCUT2D eigenvalue weighted by Crippen LogP contribution is -2.22. The summed E-state index contributed by atoms with van der Waals surface area (Å²) in [5.74, 6) is 0. The molecule has 150 valence electrons. The molecule has 1 heterocycles. The summed E-state index contributed by atoms with van der Waals surface area (Å²) in [6.45, 7) is 7.71. The van der Waals surface area contributed by atoms with E-state index in [1.807, 2.05) is 6.92 Å². The van der Waals surface area contributed by atoms with Crippen molar-refractivity contribution >= 4 is 0 Å². The number of hydrogen-bond acceptors (Lipinski definition) is 1. The smallest absolute Gasteiger partial charge is 0.0152 e. The molecule has 1 aromatic carbocycles. The predicted octanol–water partition coefficient (Wildman–Crippen LogP) is 7.31. The van der Waals surface area contributed by atoms with Crippen LogP contribution in [0.2, 0.25) is 0 Å². The number of nitrogens with one attached hydrogen (secondary N) is 1. The molecular weight excluding hydrogens is 338 g/mol. The van der Waals surface area contributed by atoms with Gasteiger partial charge in [-0.2, -0.15) is 0 Å². The minimum Gasteiger partial charge on any atom is -0.391 e. The molecule has 0 saturated carbocycles. The fraction of sp³-hybridized carbons (Fsp3) is 0.407. The number of benzene rings is 1. The van der Waals surface area contributed by atoms with Gasteiger partial charge in [0.2, 0.25) is 0 Å². The van der Waals surface area contributed by atoms with E-state index in [4.69, 9.17) is 0 Å². The Hall–Kier alpha value is -2.28. The zero-order chi connectivity index (χ0) is 20.1. The van der Waals surface area contributed by atoms with E-state index >= 15 is 0 Å². The van der Waals surface area contributed by atoms with Crippen molar-refractivity contribution in [1.82, 2.24) is 5.32 Å². The fourth-order valence-electron chi connectivity index (χ4n) is 3.80. The Balaban J connectivity index is 2.04. The standard InChI is InChI=1S/C27H37N/c1-4-6-8-16-25-18-12-20-27(3,21-22-28-23-25)26(13-5-2)19-11-17-24-14-9-7-10-15-24/h4,6-10,12-16,20,23,28H,5,11,17-19,21-22H2,1-3H3/b6-4-,16-8-,20-12-,25-23-,26-13+. The van der Waals surface area contributed by atoms with Crippen LogP contribution >= 0.6 is 0 Å². The predicted molar refractivity (Wildman–Crippen MR) is 124 cm³/mol. The van der Waals surface area contributed by atoms with Crippen molar-refractivity contribution in [1.29, 1.82) is 0 Å². The van der Waals surface area contributed by atoms with Gasteiger partial charge in [0.25, 0.3) is 0 Å². The molecule has 28 heavy (non-hydrogen) atoms. The lowest BCUT2D eigenvalue weighted by atomic mass is 9.75. The zero-order valence-corrected chi connectivity index (χ0v) is 18.0. The second-order valence-electron chi connectivity index (χ2n) is 7.81. The van der Waals surface area contributed by atoms with Gasteiger partial charge in [-0.15, -0.1) is 0 Å². The number of rotatable bonds is 8. The van der Waals surface area contributed by atoms with Crippen molar-refractivity contribution in [2.75, 3.05) is 6.54 Å². The molecule has 0 aromatic heterocycles. The van der Waals surface area contributed by atoms with Gasteiger partial charge < -0.3 is 5.32 Å². The van der Waals surface area contributed by atoms with Crippen LogP contribution in [0.15, 0.2) is 90.2 Å². The van der Waals surface area contributed by atoms with E-state index in [-0.39, 0.29) is 5.41 Å². The van der Waals surface area contributed by atoms with Crippen LogP contribution in [0.4, 0.5) is 0 Å². The Morgan fingerprint density at radius 2 is 2.00 bits per heavy atom. The minimum absolute atomic E-state index is 0.135. The summed E-state index contributed by atoms with van der Waals surface area (Å²) in [6, 6.07) is 10.9. The molecule has 1 aliphatic rings. The van der Waals surface area contributed by atoms with Gasteiger partial charge in [0.15, 0.2) is 0 Å². The molecule has 0 fully saturated rings. The third-order valence-electron chi connectivity index (χ3n) is 5.47. The largest absolute Gasteiger partial charge is 0.391 e. The van der Waals surface area contributed by atoms with E-state index in [9.17, 15) is 0 Å². The third kappa shape index (κ3) is 7.38. The average Bonchev–Trinajstić information content (AvgIpc) is 2.80. The first-order valence-electron chi connectivity index (χ1n) is 10.8. The molecular formula is C27H37N. The highest BCUT2D eigenvalue weighted by Gasteiger charge is 2.25. The highest BCUT2D eigenvalue weighted by molar-refractivity contribution is 5.28. The molecule has 1 atom stereocenters. The molecule has 0 amide bonds. The topological polar surface area (TPSA) is 12.0 Å². The lowest BCUT2D eigenvalue weighted by Gasteiger charge is -2.30. The summed E-state index contributed by atoms with van der Waals surface area (Å²) >= 11 is 0. The monoisotopic (exact) mass is 375 g/mol. The van der Waals surface area contributed by atoms with E-state index in [0.717, 1.165) is 32.2 Å². The molecule has 0 spiro atoms. The molecule has 1 unspecified atom stereocenters.